The molecular formula is C10H12ClN3S. The average Bonchev–Trinajstić information content (AvgIpc) is 2.21. The minimum Gasteiger partial charge on any atom is -0.375 e. The molecule has 0 fully saturated rings. The second-order valence-corrected chi connectivity index (χ2v) is 3.77. The zero-order chi connectivity index (χ0) is 11.3. The van der Waals surface area contributed by atoms with Crippen LogP contribution in [0.3, 0.4) is 0 Å². The SMILES string of the molecule is CC/C(=N/NC(N)=S)c1ccc(Cl)cc1. The zero-order valence-electron chi connectivity index (χ0n) is 8.33. The monoisotopic (exact) mass is 241 g/mol. The Kier molecular flexibility index (Phi) is 4.52. The Bertz CT molecular complexity index is 373. The van der Waals surface area contributed by atoms with Crippen LogP contribution in [0.15, 0.2) is 29.4 Å². The second-order valence-electron chi connectivity index (χ2n) is 2.89. The van der Waals surface area contributed by atoms with Crippen LogP contribution in [-0.2, 0) is 0 Å². The van der Waals surface area contributed by atoms with E-state index in [9.17, 15) is 0 Å². The Morgan fingerprint density at radius 3 is 2.53 bits per heavy atom. The molecule has 0 saturated carbocycles. The van der Waals surface area contributed by atoms with Gasteiger partial charge in [-0.3, -0.25) is 5.43 Å². The third kappa shape index (κ3) is 3.85. The van der Waals surface area contributed by atoms with Crippen molar-refractivity contribution in [2.75, 3.05) is 0 Å². The number of nitrogens with two attached hydrogens (primary N) is 1. The molecule has 1 rings (SSSR count). The summed E-state index contributed by atoms with van der Waals surface area (Å²) in [5, 5.41) is 4.97. The van der Waals surface area contributed by atoms with Crippen molar-refractivity contribution in [3.63, 3.8) is 0 Å². The predicted octanol–water partition coefficient (Wildman–Crippen LogP) is 2.29. The van der Waals surface area contributed by atoms with Crippen LogP contribution in [0, 0.1) is 0 Å². The largest absolute Gasteiger partial charge is 0.375 e. The molecule has 0 aromatic heterocycles. The lowest BCUT2D eigenvalue weighted by Gasteiger charge is -2.04. The first kappa shape index (κ1) is 11.9. The van der Waals surface area contributed by atoms with E-state index in [4.69, 9.17) is 17.3 Å². The van der Waals surface area contributed by atoms with Gasteiger partial charge < -0.3 is 5.73 Å². The van der Waals surface area contributed by atoms with E-state index in [1.807, 2.05) is 31.2 Å². The van der Waals surface area contributed by atoms with Gasteiger partial charge in [-0.2, -0.15) is 5.10 Å². The zero-order valence-corrected chi connectivity index (χ0v) is 9.90. The number of nitrogens with zero attached hydrogens (tertiary/aromatic N) is 1. The summed E-state index contributed by atoms with van der Waals surface area (Å²) >= 11 is 10.5. The average molecular weight is 242 g/mol. The van der Waals surface area contributed by atoms with E-state index in [-0.39, 0.29) is 5.11 Å². The first-order valence-electron chi connectivity index (χ1n) is 4.51. The summed E-state index contributed by atoms with van der Waals surface area (Å²) < 4.78 is 0. The van der Waals surface area contributed by atoms with Crippen LogP contribution in [0.4, 0.5) is 0 Å². The molecule has 0 radical (unpaired) electrons. The molecule has 0 spiro atoms. The van der Waals surface area contributed by atoms with Crippen molar-refractivity contribution < 1.29 is 0 Å². The highest BCUT2D eigenvalue weighted by Gasteiger charge is 2.00. The molecule has 5 heteroatoms. The van der Waals surface area contributed by atoms with Crippen LogP contribution >= 0.6 is 23.8 Å². The van der Waals surface area contributed by atoms with E-state index in [1.54, 1.807) is 0 Å². The van der Waals surface area contributed by atoms with Gasteiger partial charge in [-0.1, -0.05) is 30.7 Å². The van der Waals surface area contributed by atoms with Gasteiger partial charge in [0.05, 0.1) is 5.71 Å². The fourth-order valence-electron chi connectivity index (χ4n) is 1.11. The number of hydrazone groups is 1. The minimum atomic E-state index is 0.162. The van der Waals surface area contributed by atoms with Gasteiger partial charge in [-0.05, 0) is 36.3 Å². The first-order valence-corrected chi connectivity index (χ1v) is 5.30. The summed E-state index contributed by atoms with van der Waals surface area (Å²) in [5.41, 5.74) is 9.76. The van der Waals surface area contributed by atoms with Crippen molar-refractivity contribution in [2.45, 2.75) is 13.3 Å². The van der Waals surface area contributed by atoms with Crippen LogP contribution < -0.4 is 11.2 Å². The van der Waals surface area contributed by atoms with Gasteiger partial charge in [0.1, 0.15) is 0 Å². The standard InChI is InChI=1S/C10H12ClN3S/c1-2-9(13-14-10(12)15)7-3-5-8(11)6-4-7/h3-6H,2H2,1H3,(H3,12,14,15)/b13-9-. The Morgan fingerprint density at radius 2 is 2.07 bits per heavy atom. The number of rotatable bonds is 3. The lowest BCUT2D eigenvalue weighted by molar-refractivity contribution is 1.01. The van der Waals surface area contributed by atoms with Crippen LogP contribution in [0.5, 0.6) is 0 Å². The van der Waals surface area contributed by atoms with Crippen molar-refractivity contribution >= 4 is 34.6 Å². The van der Waals surface area contributed by atoms with Gasteiger partial charge in [-0.25, -0.2) is 0 Å². The Labute approximate surface area is 99.3 Å². The lowest BCUT2D eigenvalue weighted by atomic mass is 10.1. The molecule has 0 aliphatic carbocycles. The number of nitrogens with one attached hydrogen (secondary N) is 1. The maximum atomic E-state index is 5.79. The Morgan fingerprint density at radius 1 is 1.47 bits per heavy atom. The van der Waals surface area contributed by atoms with E-state index >= 15 is 0 Å². The summed E-state index contributed by atoms with van der Waals surface area (Å²) in [6.07, 6.45) is 0.789. The number of halogens is 1. The normalized spacial score (nSPS) is 11.2. The molecule has 1 aromatic rings. The highest BCUT2D eigenvalue weighted by molar-refractivity contribution is 7.80. The van der Waals surface area contributed by atoms with Gasteiger partial charge in [0.25, 0.3) is 0 Å². The molecule has 3 N–H and O–H groups in total. The van der Waals surface area contributed by atoms with Crippen molar-refractivity contribution in [3.05, 3.63) is 34.9 Å². The lowest BCUT2D eigenvalue weighted by Crippen LogP contribution is -2.25. The smallest absolute Gasteiger partial charge is 0.184 e. The first-order chi connectivity index (χ1) is 7.13. The van der Waals surface area contributed by atoms with Crippen molar-refractivity contribution in [3.8, 4) is 0 Å². The molecule has 1 aromatic carbocycles. The molecule has 15 heavy (non-hydrogen) atoms. The van der Waals surface area contributed by atoms with Gasteiger partial charge in [0, 0.05) is 5.02 Å². The summed E-state index contributed by atoms with van der Waals surface area (Å²) in [4.78, 5) is 0. The predicted molar refractivity (Wildman–Crippen MR) is 68.2 cm³/mol. The van der Waals surface area contributed by atoms with E-state index in [0.717, 1.165) is 17.7 Å². The molecule has 0 saturated heterocycles. The van der Waals surface area contributed by atoms with Crippen LogP contribution in [0.2, 0.25) is 5.02 Å². The maximum absolute atomic E-state index is 5.79. The molecule has 3 nitrogen and oxygen atoms in total. The molecule has 0 atom stereocenters. The third-order valence-corrected chi connectivity index (χ3v) is 2.16. The summed E-state index contributed by atoms with van der Waals surface area (Å²) in [6, 6.07) is 7.46. The van der Waals surface area contributed by atoms with Gasteiger partial charge in [0.2, 0.25) is 0 Å². The quantitative estimate of drug-likeness (QED) is 0.485. The maximum Gasteiger partial charge on any atom is 0.184 e. The minimum absolute atomic E-state index is 0.162. The molecular weight excluding hydrogens is 230 g/mol. The molecule has 0 aliphatic rings. The van der Waals surface area contributed by atoms with E-state index in [0.29, 0.717) is 5.02 Å². The summed E-state index contributed by atoms with van der Waals surface area (Å²) in [5.74, 6) is 0. The van der Waals surface area contributed by atoms with E-state index < -0.39 is 0 Å². The number of hydrogen-bond donors (Lipinski definition) is 2. The molecule has 0 bridgehead atoms. The van der Waals surface area contributed by atoms with Crippen molar-refractivity contribution in [1.29, 1.82) is 0 Å². The van der Waals surface area contributed by atoms with Crippen LogP contribution in [-0.4, -0.2) is 10.8 Å². The van der Waals surface area contributed by atoms with Crippen LogP contribution in [0.25, 0.3) is 0 Å². The van der Waals surface area contributed by atoms with Crippen LogP contribution in [0.1, 0.15) is 18.9 Å². The van der Waals surface area contributed by atoms with Gasteiger partial charge in [-0.15, -0.1) is 0 Å². The topological polar surface area (TPSA) is 50.4 Å². The molecule has 0 unspecified atom stereocenters. The summed E-state index contributed by atoms with van der Waals surface area (Å²) in [6.45, 7) is 2.01. The van der Waals surface area contributed by atoms with E-state index in [2.05, 4.69) is 22.7 Å². The molecule has 0 aliphatic heterocycles. The third-order valence-electron chi connectivity index (χ3n) is 1.81. The van der Waals surface area contributed by atoms with Gasteiger partial charge >= 0.3 is 0 Å². The Hall–Kier alpha value is -1.13. The number of benzene rings is 1. The fraction of sp³-hybridized carbons (Fsp3) is 0.200. The van der Waals surface area contributed by atoms with Crippen molar-refractivity contribution in [1.82, 2.24) is 5.43 Å². The highest BCUT2D eigenvalue weighted by atomic mass is 35.5. The van der Waals surface area contributed by atoms with Gasteiger partial charge in [0.15, 0.2) is 5.11 Å². The second kappa shape index (κ2) is 5.68. The molecule has 80 valence electrons. The van der Waals surface area contributed by atoms with Crippen molar-refractivity contribution in [2.24, 2.45) is 10.8 Å². The number of thiocarbonyl (C=S) groups is 1. The molecule has 0 amide bonds. The summed E-state index contributed by atoms with van der Waals surface area (Å²) in [7, 11) is 0. The van der Waals surface area contributed by atoms with E-state index in [1.165, 1.54) is 0 Å². The fourth-order valence-corrected chi connectivity index (χ4v) is 1.28. The molecule has 0 heterocycles. The Balaban J connectivity index is 2.87. The highest BCUT2D eigenvalue weighted by Crippen LogP contribution is 2.11. The number of hydrogen-bond acceptors (Lipinski definition) is 2.